The minimum absolute atomic E-state index is 0.0891. The fourth-order valence-corrected chi connectivity index (χ4v) is 5.58. The van der Waals surface area contributed by atoms with Crippen molar-refractivity contribution in [2.45, 2.75) is 44.2 Å². The number of fused-ring (bicyclic) bond motifs is 3. The third-order valence-electron chi connectivity index (χ3n) is 6.96. The topological polar surface area (TPSA) is 56.8 Å². The Morgan fingerprint density at radius 3 is 2.55 bits per heavy atom. The number of likely N-dealkylation sites (tertiary alicyclic amines) is 1. The molecule has 2 bridgehead atoms. The molecule has 0 aromatic heterocycles. The average Bonchev–Trinajstić information content (AvgIpc) is 2.76. The molecule has 1 aromatic rings. The highest BCUT2D eigenvalue weighted by Gasteiger charge is 2.43. The lowest BCUT2D eigenvalue weighted by molar-refractivity contribution is -0.00523. The molecule has 0 saturated carbocycles. The first-order valence-electron chi connectivity index (χ1n) is 10.9. The Kier molecular flexibility index (Phi) is 6.52. The normalized spacial score (nSPS) is 29.5. The minimum Gasteiger partial charge on any atom is -0.496 e. The molecule has 4 saturated heterocycles. The Hall–Kier alpha value is -1.50. The van der Waals surface area contributed by atoms with E-state index in [-0.39, 0.29) is 11.9 Å². The van der Waals surface area contributed by atoms with Gasteiger partial charge in [0.15, 0.2) is 0 Å². The van der Waals surface area contributed by atoms with E-state index in [9.17, 15) is 4.79 Å². The lowest BCUT2D eigenvalue weighted by Gasteiger charge is -2.52. The number of amides is 1. The molecule has 2 atom stereocenters. The van der Waals surface area contributed by atoms with Crippen molar-refractivity contribution in [1.29, 1.82) is 0 Å². The molecular formula is C22H33ClN4O2. The molecule has 29 heavy (non-hydrogen) atoms. The first kappa shape index (κ1) is 20.8. The lowest BCUT2D eigenvalue weighted by Crippen LogP contribution is -2.66. The Bertz CT molecular complexity index is 730. The predicted molar refractivity (Wildman–Crippen MR) is 117 cm³/mol. The maximum Gasteiger partial charge on any atom is 0.255 e. The van der Waals surface area contributed by atoms with Crippen LogP contribution in [0.5, 0.6) is 5.75 Å². The third-order valence-corrected chi connectivity index (χ3v) is 7.27. The van der Waals surface area contributed by atoms with E-state index in [1.807, 2.05) is 0 Å². The Labute approximate surface area is 178 Å². The van der Waals surface area contributed by atoms with Crippen LogP contribution in [0, 0.1) is 5.92 Å². The highest BCUT2D eigenvalue weighted by atomic mass is 35.5. The fourth-order valence-electron chi connectivity index (χ4n) is 5.32. The Morgan fingerprint density at radius 1 is 1.17 bits per heavy atom. The number of benzene rings is 1. The van der Waals surface area contributed by atoms with Gasteiger partial charge in [0.2, 0.25) is 0 Å². The van der Waals surface area contributed by atoms with Gasteiger partial charge in [-0.15, -0.1) is 0 Å². The van der Waals surface area contributed by atoms with Gasteiger partial charge in [-0.05, 0) is 63.8 Å². The second kappa shape index (κ2) is 9.11. The molecule has 0 spiro atoms. The summed E-state index contributed by atoms with van der Waals surface area (Å²) in [5.74, 6) is 1.01. The summed E-state index contributed by atoms with van der Waals surface area (Å²) >= 11 is 6.35. The second-order valence-electron chi connectivity index (χ2n) is 8.58. The first-order valence-corrected chi connectivity index (χ1v) is 11.3. The molecule has 7 heteroatoms. The molecule has 2 unspecified atom stereocenters. The van der Waals surface area contributed by atoms with Crippen molar-refractivity contribution in [2.24, 2.45) is 5.92 Å². The van der Waals surface area contributed by atoms with Gasteiger partial charge < -0.3 is 20.3 Å². The number of ether oxygens (including phenoxy) is 1. The number of nitrogens with one attached hydrogen (secondary N) is 2. The summed E-state index contributed by atoms with van der Waals surface area (Å²) < 4.78 is 5.49. The summed E-state index contributed by atoms with van der Waals surface area (Å²) in [6.45, 7) is 5.73. The van der Waals surface area contributed by atoms with E-state index in [1.54, 1.807) is 26.3 Å². The van der Waals surface area contributed by atoms with Gasteiger partial charge in [-0.2, -0.15) is 0 Å². The molecule has 4 aliphatic heterocycles. The van der Waals surface area contributed by atoms with Crippen molar-refractivity contribution in [3.05, 3.63) is 22.7 Å². The quantitative estimate of drug-likeness (QED) is 0.740. The van der Waals surface area contributed by atoms with Crippen LogP contribution in [0.4, 0.5) is 5.69 Å². The highest BCUT2D eigenvalue weighted by molar-refractivity contribution is 6.33. The zero-order valence-corrected chi connectivity index (χ0v) is 18.3. The van der Waals surface area contributed by atoms with Crippen molar-refractivity contribution in [3.63, 3.8) is 0 Å². The summed E-state index contributed by atoms with van der Waals surface area (Å²) in [6, 6.07) is 4.07. The van der Waals surface area contributed by atoms with Gasteiger partial charge in [-0.25, -0.2) is 0 Å². The van der Waals surface area contributed by atoms with Crippen LogP contribution in [-0.4, -0.2) is 74.7 Å². The highest BCUT2D eigenvalue weighted by Crippen LogP contribution is 2.35. The van der Waals surface area contributed by atoms with Crippen LogP contribution in [0.25, 0.3) is 0 Å². The number of nitrogens with zero attached hydrogens (tertiary/aromatic N) is 2. The summed E-state index contributed by atoms with van der Waals surface area (Å²) in [6.07, 6.45) is 6.26. The van der Waals surface area contributed by atoms with Crippen molar-refractivity contribution in [1.82, 2.24) is 15.1 Å². The molecule has 0 radical (unpaired) electrons. The average molecular weight is 421 g/mol. The van der Waals surface area contributed by atoms with Crippen LogP contribution in [0.1, 0.15) is 42.5 Å². The largest absolute Gasteiger partial charge is 0.496 e. The SMILES string of the molecule is CNc1cc(OC)c(C(=O)NC2C3CCN(CC3)C2CN2CCCCC2)cc1Cl. The number of carbonyl (C=O) groups is 1. The third kappa shape index (κ3) is 4.35. The number of halogens is 1. The molecule has 1 amide bonds. The van der Waals surface area contributed by atoms with Gasteiger partial charge in [0.05, 0.1) is 23.4 Å². The van der Waals surface area contributed by atoms with Gasteiger partial charge in [0.25, 0.3) is 5.91 Å². The number of carbonyl (C=O) groups excluding carboxylic acids is 1. The van der Waals surface area contributed by atoms with Crippen LogP contribution >= 0.6 is 11.6 Å². The molecule has 4 heterocycles. The van der Waals surface area contributed by atoms with Crippen molar-refractivity contribution >= 4 is 23.2 Å². The number of hydrogen-bond donors (Lipinski definition) is 2. The summed E-state index contributed by atoms with van der Waals surface area (Å²) in [4.78, 5) is 18.4. The minimum atomic E-state index is -0.0891. The lowest BCUT2D eigenvalue weighted by atomic mass is 9.78. The summed E-state index contributed by atoms with van der Waals surface area (Å²) in [7, 11) is 3.39. The fraction of sp³-hybridized carbons (Fsp3) is 0.682. The van der Waals surface area contributed by atoms with E-state index >= 15 is 0 Å². The molecule has 0 aliphatic carbocycles. The number of hydrogen-bond acceptors (Lipinski definition) is 5. The molecule has 2 N–H and O–H groups in total. The maximum atomic E-state index is 13.3. The Balaban J connectivity index is 1.53. The molecule has 5 rings (SSSR count). The van der Waals surface area contributed by atoms with Crippen LogP contribution < -0.4 is 15.4 Å². The van der Waals surface area contributed by atoms with Gasteiger partial charge >= 0.3 is 0 Å². The molecule has 160 valence electrons. The van der Waals surface area contributed by atoms with Crippen LogP contribution in [0.15, 0.2) is 12.1 Å². The van der Waals surface area contributed by atoms with Gasteiger partial charge in [-0.3, -0.25) is 9.69 Å². The smallest absolute Gasteiger partial charge is 0.255 e. The van der Waals surface area contributed by atoms with Crippen molar-refractivity contribution in [2.75, 3.05) is 52.2 Å². The van der Waals surface area contributed by atoms with E-state index in [1.165, 1.54) is 32.4 Å². The molecule has 4 fully saturated rings. The summed E-state index contributed by atoms with van der Waals surface area (Å²) in [5, 5.41) is 6.94. The standard InChI is InChI=1S/C22H33ClN4O2/c1-24-18-13-20(29-2)16(12-17(18)23)22(28)25-21-15-6-10-27(11-7-15)19(21)14-26-8-4-3-5-9-26/h12-13,15,19,21,24H,3-11,14H2,1-2H3,(H,25,28). The summed E-state index contributed by atoms with van der Waals surface area (Å²) in [5.41, 5.74) is 1.26. The number of piperidine rings is 4. The van der Waals surface area contributed by atoms with E-state index < -0.39 is 0 Å². The predicted octanol–water partition coefficient (Wildman–Crippen LogP) is 3.07. The van der Waals surface area contributed by atoms with Crippen LogP contribution in [-0.2, 0) is 0 Å². The van der Waals surface area contributed by atoms with Gasteiger partial charge in [-0.1, -0.05) is 18.0 Å². The molecular weight excluding hydrogens is 388 g/mol. The van der Waals surface area contributed by atoms with Crippen molar-refractivity contribution in [3.8, 4) is 5.75 Å². The Morgan fingerprint density at radius 2 is 1.90 bits per heavy atom. The van der Waals surface area contributed by atoms with Gasteiger partial charge in [0.1, 0.15) is 5.75 Å². The number of methoxy groups -OCH3 is 1. The zero-order chi connectivity index (χ0) is 20.4. The molecule has 6 nitrogen and oxygen atoms in total. The first-order chi connectivity index (χ1) is 14.1. The zero-order valence-electron chi connectivity index (χ0n) is 17.5. The van der Waals surface area contributed by atoms with Gasteiger partial charge in [0, 0.05) is 31.7 Å². The van der Waals surface area contributed by atoms with E-state index in [2.05, 4.69) is 20.4 Å². The van der Waals surface area contributed by atoms with E-state index in [0.717, 1.165) is 38.2 Å². The van der Waals surface area contributed by atoms with Crippen LogP contribution in [0.2, 0.25) is 5.02 Å². The monoisotopic (exact) mass is 420 g/mol. The molecule has 1 aromatic carbocycles. The van der Waals surface area contributed by atoms with E-state index in [4.69, 9.17) is 16.3 Å². The van der Waals surface area contributed by atoms with E-state index in [0.29, 0.717) is 28.3 Å². The van der Waals surface area contributed by atoms with Crippen molar-refractivity contribution < 1.29 is 9.53 Å². The van der Waals surface area contributed by atoms with Crippen LogP contribution in [0.3, 0.4) is 0 Å². The molecule has 4 aliphatic rings. The maximum absolute atomic E-state index is 13.3. The second-order valence-corrected chi connectivity index (χ2v) is 8.99. The number of anilines is 1. The number of rotatable bonds is 6.